The molecule has 4 heterocycles. The first-order chi connectivity index (χ1) is 20.2. The van der Waals surface area contributed by atoms with Gasteiger partial charge in [0, 0.05) is 44.2 Å². The molecule has 216 valence electrons. The van der Waals surface area contributed by atoms with Gasteiger partial charge in [-0.2, -0.15) is 8.78 Å². The number of benzene rings is 1. The molecule has 10 nitrogen and oxygen atoms in total. The van der Waals surface area contributed by atoms with Crippen LogP contribution in [0.4, 0.5) is 20.3 Å². The highest BCUT2D eigenvalue weighted by atomic mass is 19.3. The van der Waals surface area contributed by atoms with E-state index in [2.05, 4.69) is 15.0 Å². The maximum Gasteiger partial charge on any atom is 0.288 e. The molecule has 1 aliphatic heterocycles. The molecule has 0 saturated heterocycles. The molecule has 1 aromatic carbocycles. The molecule has 3 aliphatic rings. The van der Waals surface area contributed by atoms with Gasteiger partial charge in [-0.25, -0.2) is 24.9 Å². The summed E-state index contributed by atoms with van der Waals surface area (Å²) in [5.41, 5.74) is 3.66. The normalized spacial score (nSPS) is 17.0. The maximum absolute atomic E-state index is 13.8. The summed E-state index contributed by atoms with van der Waals surface area (Å²) in [4.78, 5) is 39.9. The lowest BCUT2D eigenvalue weighted by atomic mass is 10.1. The molecule has 0 N–H and O–H groups in total. The number of amides is 1. The zero-order valence-corrected chi connectivity index (χ0v) is 23.6. The topological polar surface area (TPSA) is 102 Å². The molecular weight excluding hydrogens is 542 g/mol. The number of fused-ring (bicyclic) bond motifs is 1. The molecule has 2 fully saturated rings. The van der Waals surface area contributed by atoms with Crippen molar-refractivity contribution < 1.29 is 18.3 Å². The van der Waals surface area contributed by atoms with Crippen molar-refractivity contribution in [1.29, 1.82) is 0 Å². The molecule has 3 aromatic heterocycles. The second kappa shape index (κ2) is 9.81. The molecule has 7 rings (SSSR count). The van der Waals surface area contributed by atoms with Gasteiger partial charge >= 0.3 is 0 Å². The largest absolute Gasteiger partial charge is 0.480 e. The minimum Gasteiger partial charge on any atom is -0.480 e. The van der Waals surface area contributed by atoms with E-state index in [-0.39, 0.29) is 24.2 Å². The first-order valence-corrected chi connectivity index (χ1v) is 14.1. The van der Waals surface area contributed by atoms with Gasteiger partial charge in [0.05, 0.1) is 25.5 Å². The molecule has 4 aromatic rings. The summed E-state index contributed by atoms with van der Waals surface area (Å²) in [7, 11) is 3.27. The number of hydrogen-bond acceptors (Lipinski definition) is 8. The number of halogens is 2. The molecule has 42 heavy (non-hydrogen) atoms. The highest BCUT2D eigenvalue weighted by Gasteiger charge is 2.41. The lowest BCUT2D eigenvalue weighted by molar-refractivity contribution is -0.117. The van der Waals surface area contributed by atoms with Crippen LogP contribution in [0.25, 0.3) is 22.8 Å². The summed E-state index contributed by atoms with van der Waals surface area (Å²) < 4.78 is 34.8. The summed E-state index contributed by atoms with van der Waals surface area (Å²) in [6.07, 6.45) is 8.60. The third-order valence-electron chi connectivity index (χ3n) is 7.95. The van der Waals surface area contributed by atoms with Crippen LogP contribution in [0.1, 0.15) is 55.5 Å². The van der Waals surface area contributed by atoms with Gasteiger partial charge < -0.3 is 19.1 Å². The van der Waals surface area contributed by atoms with Gasteiger partial charge in [-0.3, -0.25) is 4.79 Å². The fraction of sp³-hybridized carbons (Fsp3) is 0.400. The molecule has 0 radical (unpaired) electrons. The van der Waals surface area contributed by atoms with Gasteiger partial charge in [0.1, 0.15) is 29.1 Å². The maximum atomic E-state index is 13.8. The predicted octanol–water partition coefficient (Wildman–Crippen LogP) is 4.85. The van der Waals surface area contributed by atoms with E-state index in [1.54, 1.807) is 24.9 Å². The molecule has 0 atom stereocenters. The Morgan fingerprint density at radius 3 is 2.45 bits per heavy atom. The highest BCUT2D eigenvalue weighted by molar-refractivity contribution is 6.03. The number of imidazole rings is 1. The number of methoxy groups -OCH3 is 1. The van der Waals surface area contributed by atoms with Crippen LogP contribution in [0, 0.1) is 0 Å². The number of hydrogen-bond donors (Lipinski definition) is 0. The molecule has 0 spiro atoms. The smallest absolute Gasteiger partial charge is 0.288 e. The van der Waals surface area contributed by atoms with Gasteiger partial charge in [0.2, 0.25) is 11.8 Å². The number of rotatable bonds is 8. The summed E-state index contributed by atoms with van der Waals surface area (Å²) in [5.74, 6) is -0.654. The van der Waals surface area contributed by atoms with E-state index in [1.165, 1.54) is 12.5 Å². The van der Waals surface area contributed by atoms with E-state index in [0.717, 1.165) is 49.4 Å². The molecule has 2 aliphatic carbocycles. The number of carbonyl (C=O) groups excluding carboxylic acids is 1. The van der Waals surface area contributed by atoms with Gasteiger partial charge in [-0.1, -0.05) is 24.3 Å². The summed E-state index contributed by atoms with van der Waals surface area (Å²) in [6.45, 7) is 1.44. The van der Waals surface area contributed by atoms with E-state index in [4.69, 9.17) is 14.7 Å². The Balaban J connectivity index is 1.23. The Kier molecular flexibility index (Phi) is 6.17. The van der Waals surface area contributed by atoms with Crippen LogP contribution in [-0.2, 0) is 24.3 Å². The SMILES string of the molecule is COc1ncnc(C2CC2)c1-c1ncc2c(n1)N(Cc1ccc(-c3nc(C(C)(F)F)cn3C)cc1)CC(=O)N2C1CC1. The number of aryl methyl sites for hydroxylation is 1. The quantitative estimate of drug-likeness (QED) is 0.295. The van der Waals surface area contributed by atoms with Crippen LogP contribution in [0.15, 0.2) is 43.0 Å². The number of anilines is 2. The van der Waals surface area contributed by atoms with Gasteiger partial charge in [-0.15, -0.1) is 0 Å². The van der Waals surface area contributed by atoms with E-state index in [0.29, 0.717) is 47.1 Å². The third kappa shape index (κ3) is 4.74. The fourth-order valence-electron chi connectivity index (χ4n) is 5.54. The number of nitrogens with zero attached hydrogens (tertiary/aromatic N) is 8. The Morgan fingerprint density at radius 1 is 1.05 bits per heavy atom. The van der Waals surface area contributed by atoms with Crippen LogP contribution in [-0.4, -0.2) is 55.1 Å². The number of carbonyl (C=O) groups is 1. The van der Waals surface area contributed by atoms with Crippen molar-refractivity contribution in [3.63, 3.8) is 0 Å². The van der Waals surface area contributed by atoms with E-state index in [9.17, 15) is 13.6 Å². The molecule has 1 amide bonds. The molecule has 12 heteroatoms. The first-order valence-electron chi connectivity index (χ1n) is 14.1. The standard InChI is InChI=1S/C30H30F2N8O2/c1-30(31,32)22-14-38(2)27(36-22)19-6-4-17(5-7-19)13-39-15-23(41)40(20-10-11-20)21-12-33-26(37-28(21)39)24-25(18-8-9-18)34-16-35-29(24)42-3/h4-7,12,14,16,18,20H,8-11,13,15H2,1-3H3. The monoisotopic (exact) mass is 572 g/mol. The molecular formula is C30H30F2N8O2. The zero-order valence-electron chi connectivity index (χ0n) is 23.6. The minimum atomic E-state index is -3.02. The lowest BCUT2D eigenvalue weighted by Gasteiger charge is -2.36. The van der Waals surface area contributed by atoms with Crippen molar-refractivity contribution in [3.8, 4) is 28.7 Å². The number of ether oxygens (including phenoxy) is 1. The van der Waals surface area contributed by atoms with Crippen molar-refractivity contribution in [1.82, 2.24) is 29.5 Å². The van der Waals surface area contributed by atoms with Crippen LogP contribution in [0.3, 0.4) is 0 Å². The Morgan fingerprint density at radius 2 is 1.81 bits per heavy atom. The van der Waals surface area contributed by atoms with Crippen molar-refractivity contribution in [2.45, 2.75) is 57.0 Å². The second-order valence-electron chi connectivity index (χ2n) is 11.3. The highest BCUT2D eigenvalue weighted by Crippen LogP contribution is 2.46. The van der Waals surface area contributed by atoms with E-state index < -0.39 is 5.92 Å². The predicted molar refractivity (Wildman–Crippen MR) is 151 cm³/mol. The van der Waals surface area contributed by atoms with Crippen molar-refractivity contribution >= 4 is 17.4 Å². The summed E-state index contributed by atoms with van der Waals surface area (Å²) in [5, 5.41) is 0. The number of aromatic nitrogens is 6. The first kappa shape index (κ1) is 26.4. The summed E-state index contributed by atoms with van der Waals surface area (Å²) >= 11 is 0. The second-order valence-corrected chi connectivity index (χ2v) is 11.3. The van der Waals surface area contributed by atoms with Crippen molar-refractivity contribution in [2.24, 2.45) is 7.05 Å². The molecule has 2 saturated carbocycles. The van der Waals surface area contributed by atoms with Crippen molar-refractivity contribution in [3.05, 3.63) is 59.9 Å². The average molecular weight is 573 g/mol. The van der Waals surface area contributed by atoms with Gasteiger partial charge in [0.25, 0.3) is 5.92 Å². The lowest BCUT2D eigenvalue weighted by Crippen LogP contribution is -2.47. The Labute approximate surface area is 241 Å². The third-order valence-corrected chi connectivity index (χ3v) is 7.95. The van der Waals surface area contributed by atoms with Gasteiger partial charge in [0.15, 0.2) is 11.6 Å². The van der Waals surface area contributed by atoms with Gasteiger partial charge in [-0.05, 0) is 31.2 Å². The minimum absolute atomic E-state index is 0.0123. The average Bonchev–Trinajstić information content (AvgIpc) is 3.91. The Bertz CT molecular complexity index is 1680. The number of alkyl halides is 2. The van der Waals surface area contributed by atoms with Crippen LogP contribution < -0.4 is 14.5 Å². The van der Waals surface area contributed by atoms with Crippen LogP contribution >= 0.6 is 0 Å². The van der Waals surface area contributed by atoms with E-state index >= 15 is 0 Å². The Hall–Kier alpha value is -4.48. The van der Waals surface area contributed by atoms with E-state index in [1.807, 2.05) is 34.1 Å². The van der Waals surface area contributed by atoms with Crippen LogP contribution in [0.2, 0.25) is 0 Å². The fourth-order valence-corrected chi connectivity index (χ4v) is 5.54. The van der Waals surface area contributed by atoms with Crippen molar-refractivity contribution in [2.75, 3.05) is 23.5 Å². The summed E-state index contributed by atoms with van der Waals surface area (Å²) in [6, 6.07) is 7.73. The molecule has 0 bridgehead atoms. The van der Waals surface area contributed by atoms with Crippen LogP contribution in [0.5, 0.6) is 5.88 Å². The zero-order chi connectivity index (χ0) is 29.2. The molecule has 0 unspecified atom stereocenters.